The third-order valence-electron chi connectivity index (χ3n) is 1.95. The van der Waals surface area contributed by atoms with Crippen molar-refractivity contribution in [3.05, 3.63) is 48.0 Å². The van der Waals surface area contributed by atoms with Crippen LogP contribution in [-0.4, -0.2) is 9.97 Å². The summed E-state index contributed by atoms with van der Waals surface area (Å²) in [5.74, 6) is 1.92. The van der Waals surface area contributed by atoms with Crippen molar-refractivity contribution in [1.29, 1.82) is 0 Å². The maximum absolute atomic E-state index is 4.17. The molecule has 0 amide bonds. The van der Waals surface area contributed by atoms with Crippen molar-refractivity contribution in [2.45, 2.75) is 17.6 Å². The summed E-state index contributed by atoms with van der Waals surface area (Å²) < 4.78 is 0. The summed E-state index contributed by atoms with van der Waals surface area (Å²) in [6.45, 7) is 2.10. The van der Waals surface area contributed by atoms with E-state index in [1.54, 1.807) is 18.0 Å². The van der Waals surface area contributed by atoms with Crippen LogP contribution >= 0.6 is 11.8 Å². The normalized spacial score (nSPS) is 10.4. The number of rotatable bonds is 3. The van der Waals surface area contributed by atoms with Crippen molar-refractivity contribution in [1.82, 2.24) is 9.97 Å². The molecule has 0 unspecified atom stereocenters. The second-order valence-electron chi connectivity index (χ2n) is 3.14. The molecule has 0 radical (unpaired) electrons. The third kappa shape index (κ3) is 2.39. The van der Waals surface area contributed by atoms with Crippen LogP contribution in [-0.2, 0) is 5.75 Å². The Hall–Kier alpha value is -1.22. The molecule has 0 aliphatic rings. The van der Waals surface area contributed by atoms with Crippen molar-refractivity contribution in [3.63, 3.8) is 0 Å². The molecule has 0 fully saturated rings. The van der Waals surface area contributed by atoms with Crippen molar-refractivity contribution in [2.75, 3.05) is 0 Å². The van der Waals surface area contributed by atoms with Gasteiger partial charge in [0.2, 0.25) is 0 Å². The summed E-state index contributed by atoms with van der Waals surface area (Å²) >= 11 is 1.79. The number of nitrogens with one attached hydrogen (secondary N) is 1. The second kappa shape index (κ2) is 4.33. The first-order chi connectivity index (χ1) is 6.84. The summed E-state index contributed by atoms with van der Waals surface area (Å²) in [7, 11) is 0. The lowest BCUT2D eigenvalue weighted by atomic mass is 10.2. The van der Waals surface area contributed by atoms with Crippen LogP contribution in [0, 0.1) is 6.92 Å². The molecular weight excluding hydrogens is 192 g/mol. The minimum absolute atomic E-state index is 0.899. The zero-order valence-corrected chi connectivity index (χ0v) is 8.84. The summed E-state index contributed by atoms with van der Waals surface area (Å²) in [4.78, 5) is 8.54. The molecular formula is C11H12N2S. The van der Waals surface area contributed by atoms with E-state index in [4.69, 9.17) is 0 Å². The molecule has 0 aliphatic carbocycles. The van der Waals surface area contributed by atoms with Gasteiger partial charge >= 0.3 is 0 Å². The molecule has 1 aromatic heterocycles. The van der Waals surface area contributed by atoms with Crippen LogP contribution in [0.15, 0.2) is 41.6 Å². The van der Waals surface area contributed by atoms with Gasteiger partial charge in [0.05, 0.1) is 5.75 Å². The number of nitrogens with zero attached hydrogens (tertiary/aromatic N) is 1. The van der Waals surface area contributed by atoms with Crippen LogP contribution in [0.25, 0.3) is 0 Å². The van der Waals surface area contributed by atoms with Gasteiger partial charge in [0, 0.05) is 17.3 Å². The third-order valence-corrected chi connectivity index (χ3v) is 2.97. The number of H-pyrrole nitrogens is 1. The minimum atomic E-state index is 0.899. The highest BCUT2D eigenvalue weighted by Gasteiger charge is 1.96. The van der Waals surface area contributed by atoms with E-state index >= 15 is 0 Å². The van der Waals surface area contributed by atoms with Gasteiger partial charge < -0.3 is 4.98 Å². The molecule has 1 aromatic carbocycles. The van der Waals surface area contributed by atoms with Crippen molar-refractivity contribution in [3.8, 4) is 0 Å². The lowest BCUT2D eigenvalue weighted by Gasteiger charge is -1.99. The van der Waals surface area contributed by atoms with E-state index in [0.29, 0.717) is 0 Å². The van der Waals surface area contributed by atoms with E-state index in [9.17, 15) is 0 Å². The summed E-state index contributed by atoms with van der Waals surface area (Å²) in [5, 5.41) is 0. The number of hydrogen-bond acceptors (Lipinski definition) is 2. The van der Waals surface area contributed by atoms with Crippen LogP contribution in [0.1, 0.15) is 11.4 Å². The quantitative estimate of drug-likeness (QED) is 0.778. The fraction of sp³-hybridized carbons (Fsp3) is 0.182. The van der Waals surface area contributed by atoms with E-state index in [1.807, 2.05) is 6.20 Å². The molecule has 1 N–H and O–H groups in total. The van der Waals surface area contributed by atoms with E-state index in [0.717, 1.165) is 11.6 Å². The Labute approximate surface area is 87.8 Å². The lowest BCUT2D eigenvalue weighted by molar-refractivity contribution is 1.12. The van der Waals surface area contributed by atoms with E-state index in [-0.39, 0.29) is 0 Å². The Morgan fingerprint density at radius 1 is 1.29 bits per heavy atom. The van der Waals surface area contributed by atoms with Crippen molar-refractivity contribution in [2.24, 2.45) is 0 Å². The molecule has 0 atom stereocenters. The van der Waals surface area contributed by atoms with E-state index in [2.05, 4.69) is 41.2 Å². The topological polar surface area (TPSA) is 28.7 Å². The van der Waals surface area contributed by atoms with Crippen LogP contribution in [0.2, 0.25) is 0 Å². The largest absolute Gasteiger partial charge is 0.348 e. The van der Waals surface area contributed by atoms with E-state index < -0.39 is 0 Å². The van der Waals surface area contributed by atoms with Crippen LogP contribution in [0.4, 0.5) is 0 Å². The molecule has 0 aliphatic heterocycles. The molecule has 0 bridgehead atoms. The SMILES string of the molecule is Cc1ccc(SCc2ncc[nH]2)cc1. The van der Waals surface area contributed by atoms with Gasteiger partial charge in [-0.25, -0.2) is 4.98 Å². The minimum Gasteiger partial charge on any atom is -0.348 e. The molecule has 0 saturated carbocycles. The Kier molecular flexibility index (Phi) is 2.89. The number of hydrogen-bond donors (Lipinski definition) is 1. The first kappa shape index (κ1) is 9.34. The Balaban J connectivity index is 1.95. The Morgan fingerprint density at radius 3 is 2.71 bits per heavy atom. The highest BCUT2D eigenvalue weighted by Crippen LogP contribution is 2.21. The van der Waals surface area contributed by atoms with E-state index in [1.165, 1.54) is 10.5 Å². The Bertz CT molecular complexity index is 378. The number of thioether (sulfide) groups is 1. The average Bonchev–Trinajstić information content (AvgIpc) is 2.70. The molecule has 2 rings (SSSR count). The van der Waals surface area contributed by atoms with Crippen LogP contribution in [0.5, 0.6) is 0 Å². The molecule has 14 heavy (non-hydrogen) atoms. The van der Waals surface area contributed by atoms with Gasteiger partial charge in [0.1, 0.15) is 5.82 Å². The van der Waals surface area contributed by atoms with Gasteiger partial charge in [0.15, 0.2) is 0 Å². The fourth-order valence-corrected chi connectivity index (χ4v) is 1.95. The number of aromatic amines is 1. The first-order valence-electron chi connectivity index (χ1n) is 4.52. The molecule has 1 heterocycles. The summed E-state index contributed by atoms with van der Waals surface area (Å²) in [6, 6.07) is 8.54. The zero-order chi connectivity index (χ0) is 9.80. The zero-order valence-electron chi connectivity index (χ0n) is 8.03. The molecule has 72 valence electrons. The highest BCUT2D eigenvalue weighted by molar-refractivity contribution is 7.98. The van der Waals surface area contributed by atoms with Crippen LogP contribution < -0.4 is 0 Å². The summed E-state index contributed by atoms with van der Waals surface area (Å²) in [6.07, 6.45) is 3.63. The first-order valence-corrected chi connectivity index (χ1v) is 5.51. The lowest BCUT2D eigenvalue weighted by Crippen LogP contribution is -1.82. The van der Waals surface area contributed by atoms with Gasteiger partial charge in [-0.1, -0.05) is 17.7 Å². The second-order valence-corrected chi connectivity index (χ2v) is 4.19. The van der Waals surface area contributed by atoms with Crippen molar-refractivity contribution >= 4 is 11.8 Å². The predicted octanol–water partition coefficient (Wildman–Crippen LogP) is 3.01. The predicted molar refractivity (Wildman–Crippen MR) is 59.3 cm³/mol. The monoisotopic (exact) mass is 204 g/mol. The highest BCUT2D eigenvalue weighted by atomic mass is 32.2. The molecule has 3 heteroatoms. The molecule has 2 nitrogen and oxygen atoms in total. The molecule has 0 saturated heterocycles. The smallest absolute Gasteiger partial charge is 0.116 e. The van der Waals surface area contributed by atoms with Gasteiger partial charge in [-0.15, -0.1) is 11.8 Å². The number of aryl methyl sites for hydroxylation is 1. The maximum Gasteiger partial charge on any atom is 0.116 e. The standard InChI is InChI=1S/C11H12N2S/c1-9-2-4-10(5-3-9)14-8-11-12-6-7-13-11/h2-7H,8H2,1H3,(H,12,13). The molecule has 0 spiro atoms. The van der Waals surface area contributed by atoms with Gasteiger partial charge in [-0.05, 0) is 19.1 Å². The van der Waals surface area contributed by atoms with Gasteiger partial charge in [-0.3, -0.25) is 0 Å². The Morgan fingerprint density at radius 2 is 2.07 bits per heavy atom. The maximum atomic E-state index is 4.17. The average molecular weight is 204 g/mol. The summed E-state index contributed by atoms with van der Waals surface area (Å²) in [5.41, 5.74) is 1.30. The van der Waals surface area contributed by atoms with Gasteiger partial charge in [0.25, 0.3) is 0 Å². The number of aromatic nitrogens is 2. The fourth-order valence-electron chi connectivity index (χ4n) is 1.16. The van der Waals surface area contributed by atoms with Gasteiger partial charge in [-0.2, -0.15) is 0 Å². The van der Waals surface area contributed by atoms with Crippen molar-refractivity contribution < 1.29 is 0 Å². The van der Waals surface area contributed by atoms with Crippen LogP contribution in [0.3, 0.4) is 0 Å². The number of imidazole rings is 1. The molecule has 2 aromatic rings. The number of benzene rings is 1.